The molecule has 0 saturated carbocycles. The molecular formula is C23H19N5O3S. The number of furan rings is 1. The summed E-state index contributed by atoms with van der Waals surface area (Å²) in [6.07, 6.45) is 5.35. The summed E-state index contributed by atoms with van der Waals surface area (Å²) in [5.41, 5.74) is 2.73. The van der Waals surface area contributed by atoms with E-state index in [9.17, 15) is 10.1 Å². The van der Waals surface area contributed by atoms with E-state index in [1.54, 1.807) is 24.6 Å². The number of benzene rings is 1. The summed E-state index contributed by atoms with van der Waals surface area (Å²) in [5, 5.41) is 15.1. The molecule has 1 fully saturated rings. The Morgan fingerprint density at radius 1 is 1.09 bits per heavy atom. The molecule has 8 nitrogen and oxygen atoms in total. The summed E-state index contributed by atoms with van der Waals surface area (Å²) < 4.78 is 7.61. The zero-order valence-electron chi connectivity index (χ0n) is 16.9. The van der Waals surface area contributed by atoms with E-state index in [0.717, 1.165) is 22.8 Å². The van der Waals surface area contributed by atoms with Crippen molar-refractivity contribution in [2.45, 2.75) is 18.6 Å². The van der Waals surface area contributed by atoms with Gasteiger partial charge < -0.3 is 19.2 Å². The van der Waals surface area contributed by atoms with Crippen molar-refractivity contribution in [2.24, 2.45) is 0 Å². The van der Waals surface area contributed by atoms with Crippen LogP contribution >= 0.6 is 12.2 Å². The number of thiocarbonyl (C=S) groups is 1. The molecule has 3 aromatic heterocycles. The Morgan fingerprint density at radius 2 is 1.94 bits per heavy atom. The van der Waals surface area contributed by atoms with Gasteiger partial charge in [-0.3, -0.25) is 15.1 Å². The molecule has 0 spiro atoms. The van der Waals surface area contributed by atoms with Gasteiger partial charge in [0, 0.05) is 35.9 Å². The minimum absolute atomic E-state index is 0.0528. The lowest BCUT2D eigenvalue weighted by Crippen LogP contribution is -2.29. The molecule has 1 N–H and O–H groups in total. The summed E-state index contributed by atoms with van der Waals surface area (Å²) >= 11 is 5.71. The fourth-order valence-corrected chi connectivity index (χ4v) is 4.38. The summed E-state index contributed by atoms with van der Waals surface area (Å²) in [5.74, 6) is 0.800. The van der Waals surface area contributed by atoms with Crippen LogP contribution in [-0.4, -0.2) is 24.5 Å². The predicted octanol–water partition coefficient (Wildman–Crippen LogP) is 4.55. The largest absolute Gasteiger partial charge is 0.467 e. The average Bonchev–Trinajstić information content (AvgIpc) is 3.56. The van der Waals surface area contributed by atoms with E-state index < -0.39 is 4.92 Å². The van der Waals surface area contributed by atoms with E-state index in [0.29, 0.717) is 11.7 Å². The van der Waals surface area contributed by atoms with Gasteiger partial charge in [0.1, 0.15) is 5.76 Å². The first kappa shape index (κ1) is 20.0. The van der Waals surface area contributed by atoms with E-state index >= 15 is 0 Å². The molecule has 0 radical (unpaired) electrons. The summed E-state index contributed by atoms with van der Waals surface area (Å²) in [4.78, 5) is 17.3. The van der Waals surface area contributed by atoms with Crippen molar-refractivity contribution in [2.75, 3.05) is 0 Å². The second kappa shape index (κ2) is 8.27. The fraction of sp³-hybridized carbons (Fsp3) is 0.130. The molecule has 5 rings (SSSR count). The van der Waals surface area contributed by atoms with Gasteiger partial charge >= 0.3 is 0 Å². The molecule has 1 aromatic carbocycles. The number of nitro groups is 1. The number of pyridine rings is 1. The molecule has 32 heavy (non-hydrogen) atoms. The minimum atomic E-state index is -0.401. The molecular weight excluding hydrogens is 426 g/mol. The predicted molar refractivity (Wildman–Crippen MR) is 122 cm³/mol. The highest BCUT2D eigenvalue weighted by molar-refractivity contribution is 7.80. The number of non-ortho nitro benzene ring substituents is 1. The Bertz CT molecular complexity index is 1240. The van der Waals surface area contributed by atoms with E-state index in [-0.39, 0.29) is 17.8 Å². The SMILES string of the molecule is O=[N+]([O-])c1ccc(-n2cccc2[C@H]2[C@H](c3ccccn3)NC(=S)N2Cc2ccco2)cc1. The van der Waals surface area contributed by atoms with E-state index in [1.807, 2.05) is 53.2 Å². The molecule has 0 unspecified atom stereocenters. The number of hydrogen-bond donors (Lipinski definition) is 1. The molecule has 2 atom stereocenters. The molecule has 0 bridgehead atoms. The number of aromatic nitrogens is 2. The smallest absolute Gasteiger partial charge is 0.269 e. The van der Waals surface area contributed by atoms with Crippen LogP contribution in [0.25, 0.3) is 5.69 Å². The maximum Gasteiger partial charge on any atom is 0.269 e. The summed E-state index contributed by atoms with van der Waals surface area (Å²) in [6.45, 7) is 0.498. The first-order chi connectivity index (χ1) is 15.6. The van der Waals surface area contributed by atoms with Gasteiger partial charge in [-0.1, -0.05) is 6.07 Å². The third-order valence-corrected chi connectivity index (χ3v) is 5.88. The number of nitro benzene ring substituents is 1. The summed E-state index contributed by atoms with van der Waals surface area (Å²) in [7, 11) is 0. The van der Waals surface area contributed by atoms with Crippen molar-refractivity contribution in [1.82, 2.24) is 19.8 Å². The van der Waals surface area contributed by atoms with Gasteiger partial charge in [-0.2, -0.15) is 0 Å². The van der Waals surface area contributed by atoms with Crippen LogP contribution in [0, 0.1) is 10.1 Å². The molecule has 1 aliphatic rings. The van der Waals surface area contributed by atoms with Crippen LogP contribution in [0.15, 0.2) is 89.8 Å². The van der Waals surface area contributed by atoms with Crippen LogP contribution in [0.5, 0.6) is 0 Å². The highest BCUT2D eigenvalue weighted by Gasteiger charge is 2.41. The molecule has 1 saturated heterocycles. The van der Waals surface area contributed by atoms with Crippen LogP contribution in [0.1, 0.15) is 29.2 Å². The van der Waals surface area contributed by atoms with Gasteiger partial charge in [0.2, 0.25) is 0 Å². The zero-order valence-corrected chi connectivity index (χ0v) is 17.7. The molecule has 9 heteroatoms. The molecule has 4 heterocycles. The van der Waals surface area contributed by atoms with Gasteiger partial charge in [-0.05, 0) is 60.7 Å². The van der Waals surface area contributed by atoms with Crippen molar-refractivity contribution in [3.63, 3.8) is 0 Å². The second-order valence-electron chi connectivity index (χ2n) is 7.41. The lowest BCUT2D eigenvalue weighted by molar-refractivity contribution is -0.384. The summed E-state index contributed by atoms with van der Waals surface area (Å²) in [6, 6.07) is 19.7. The molecule has 4 aromatic rings. The van der Waals surface area contributed by atoms with E-state index in [2.05, 4.69) is 15.2 Å². The van der Waals surface area contributed by atoms with E-state index in [1.165, 1.54) is 12.1 Å². The van der Waals surface area contributed by atoms with Crippen LogP contribution < -0.4 is 5.32 Å². The fourth-order valence-electron chi connectivity index (χ4n) is 4.07. The normalized spacial score (nSPS) is 18.0. The van der Waals surface area contributed by atoms with E-state index in [4.69, 9.17) is 16.6 Å². The quantitative estimate of drug-likeness (QED) is 0.265. The maximum absolute atomic E-state index is 11.1. The Morgan fingerprint density at radius 3 is 2.62 bits per heavy atom. The van der Waals surface area contributed by atoms with Crippen molar-refractivity contribution in [1.29, 1.82) is 0 Å². The molecule has 160 valence electrons. The van der Waals surface area contributed by atoms with Gasteiger partial charge in [-0.15, -0.1) is 0 Å². The number of hydrogen-bond acceptors (Lipinski definition) is 5. The number of nitrogens with zero attached hydrogens (tertiary/aromatic N) is 4. The van der Waals surface area contributed by atoms with Crippen LogP contribution in [0.3, 0.4) is 0 Å². The van der Waals surface area contributed by atoms with Crippen molar-refractivity contribution in [3.05, 3.63) is 113 Å². The van der Waals surface area contributed by atoms with Crippen molar-refractivity contribution >= 4 is 23.0 Å². The third kappa shape index (κ3) is 3.63. The second-order valence-corrected chi connectivity index (χ2v) is 7.80. The lowest BCUT2D eigenvalue weighted by Gasteiger charge is -2.28. The molecule has 0 aliphatic carbocycles. The Hall–Kier alpha value is -3.98. The Labute approximate surface area is 189 Å². The Balaban J connectivity index is 1.58. The van der Waals surface area contributed by atoms with Crippen LogP contribution in [-0.2, 0) is 6.54 Å². The average molecular weight is 446 g/mol. The van der Waals surface area contributed by atoms with Gasteiger partial charge in [0.25, 0.3) is 5.69 Å². The number of rotatable bonds is 6. The zero-order chi connectivity index (χ0) is 22.1. The van der Waals surface area contributed by atoms with Gasteiger partial charge in [0.15, 0.2) is 5.11 Å². The molecule has 1 aliphatic heterocycles. The van der Waals surface area contributed by atoms with Crippen LogP contribution in [0.2, 0.25) is 0 Å². The minimum Gasteiger partial charge on any atom is -0.467 e. The maximum atomic E-state index is 11.1. The highest BCUT2D eigenvalue weighted by atomic mass is 32.1. The third-order valence-electron chi connectivity index (χ3n) is 5.53. The number of nitrogens with one attached hydrogen (secondary N) is 1. The first-order valence-electron chi connectivity index (χ1n) is 10.0. The van der Waals surface area contributed by atoms with Crippen molar-refractivity contribution in [3.8, 4) is 5.69 Å². The van der Waals surface area contributed by atoms with Crippen molar-refractivity contribution < 1.29 is 9.34 Å². The van der Waals surface area contributed by atoms with Gasteiger partial charge in [-0.25, -0.2) is 0 Å². The van der Waals surface area contributed by atoms with Crippen LogP contribution in [0.4, 0.5) is 5.69 Å². The standard InChI is InChI=1S/C23H19N5O3S/c29-28(30)17-10-8-16(9-11-17)26-13-3-7-20(26)22-21(19-6-1-2-12-24-19)25-23(32)27(22)15-18-5-4-14-31-18/h1-14,21-22H,15H2,(H,25,32)/t21-,22-/m0/s1. The lowest BCUT2D eigenvalue weighted by atomic mass is 10.0. The van der Waals surface area contributed by atoms with Gasteiger partial charge in [0.05, 0.1) is 35.5 Å². The highest BCUT2D eigenvalue weighted by Crippen LogP contribution is 2.40. The topological polar surface area (TPSA) is 89.4 Å². The Kier molecular flexibility index (Phi) is 5.16. The molecule has 0 amide bonds. The first-order valence-corrected chi connectivity index (χ1v) is 10.4. The monoisotopic (exact) mass is 445 g/mol.